The summed E-state index contributed by atoms with van der Waals surface area (Å²) < 4.78 is 1.70. The minimum absolute atomic E-state index is 0.154. The van der Waals surface area contributed by atoms with Gasteiger partial charge >= 0.3 is 5.97 Å². The third kappa shape index (κ3) is 3.48. The Kier molecular flexibility index (Phi) is 5.39. The predicted molar refractivity (Wildman–Crippen MR) is 91.4 cm³/mol. The molecule has 1 heterocycles. The van der Waals surface area contributed by atoms with Crippen molar-refractivity contribution in [1.29, 1.82) is 0 Å². The number of hydrogen-bond donors (Lipinski definition) is 2. The van der Waals surface area contributed by atoms with E-state index in [0.29, 0.717) is 17.7 Å². The van der Waals surface area contributed by atoms with Crippen LogP contribution in [-0.4, -0.2) is 32.8 Å². The van der Waals surface area contributed by atoms with E-state index < -0.39 is 17.9 Å². The second kappa shape index (κ2) is 7.29. The number of nitrogens with one attached hydrogen (secondary N) is 1. The van der Waals surface area contributed by atoms with Crippen molar-refractivity contribution in [2.45, 2.75) is 40.2 Å². The molecule has 0 saturated carbocycles. The summed E-state index contributed by atoms with van der Waals surface area (Å²) in [5.74, 6) is -1.60. The second-order valence-electron chi connectivity index (χ2n) is 6.02. The number of rotatable bonds is 6. The van der Waals surface area contributed by atoms with Crippen molar-refractivity contribution in [3.63, 3.8) is 0 Å². The summed E-state index contributed by atoms with van der Waals surface area (Å²) in [6.07, 6.45) is 2.14. The monoisotopic (exact) mass is 329 g/mol. The van der Waals surface area contributed by atoms with E-state index in [4.69, 9.17) is 0 Å². The number of amides is 1. The molecule has 0 saturated heterocycles. The van der Waals surface area contributed by atoms with E-state index >= 15 is 0 Å². The molecule has 0 aliphatic rings. The first-order valence-electron chi connectivity index (χ1n) is 8.01. The Morgan fingerprint density at radius 3 is 2.54 bits per heavy atom. The molecule has 0 spiro atoms. The first-order valence-corrected chi connectivity index (χ1v) is 8.01. The average molecular weight is 329 g/mol. The van der Waals surface area contributed by atoms with Gasteiger partial charge in [0.2, 0.25) is 0 Å². The number of carbonyl (C=O) groups is 2. The van der Waals surface area contributed by atoms with Gasteiger partial charge in [0.25, 0.3) is 5.91 Å². The molecule has 2 N–H and O–H groups in total. The smallest absolute Gasteiger partial charge is 0.326 e. The molecule has 0 aliphatic heterocycles. The summed E-state index contributed by atoms with van der Waals surface area (Å²) in [5.41, 5.74) is 2.99. The molecule has 1 amide bonds. The highest BCUT2D eigenvalue weighted by Crippen LogP contribution is 2.18. The molecular weight excluding hydrogens is 306 g/mol. The number of carbonyl (C=O) groups excluding carboxylic acids is 1. The summed E-state index contributed by atoms with van der Waals surface area (Å²) >= 11 is 0. The fourth-order valence-electron chi connectivity index (χ4n) is 2.58. The molecule has 2 unspecified atom stereocenters. The van der Waals surface area contributed by atoms with Crippen LogP contribution in [0.5, 0.6) is 0 Å². The number of benzene rings is 1. The van der Waals surface area contributed by atoms with Gasteiger partial charge in [-0.05, 0) is 31.4 Å². The average Bonchev–Trinajstić information content (AvgIpc) is 2.93. The van der Waals surface area contributed by atoms with Gasteiger partial charge in [0.05, 0.1) is 23.1 Å². The number of aliphatic carboxylic acids is 1. The van der Waals surface area contributed by atoms with Crippen LogP contribution < -0.4 is 5.32 Å². The third-order valence-corrected chi connectivity index (χ3v) is 4.36. The molecule has 24 heavy (non-hydrogen) atoms. The van der Waals surface area contributed by atoms with E-state index in [9.17, 15) is 14.7 Å². The van der Waals surface area contributed by atoms with Crippen LogP contribution in [0.1, 0.15) is 41.9 Å². The van der Waals surface area contributed by atoms with E-state index in [1.165, 1.54) is 6.20 Å². The lowest BCUT2D eigenvalue weighted by molar-refractivity contribution is -0.140. The molecule has 2 atom stereocenters. The molecule has 128 valence electrons. The lowest BCUT2D eigenvalue weighted by Crippen LogP contribution is -2.45. The summed E-state index contributed by atoms with van der Waals surface area (Å²) in [4.78, 5) is 23.9. The van der Waals surface area contributed by atoms with Gasteiger partial charge in [-0.2, -0.15) is 5.10 Å². The molecule has 0 aliphatic carbocycles. The first-order chi connectivity index (χ1) is 11.4. The lowest BCUT2D eigenvalue weighted by atomic mass is 9.99. The van der Waals surface area contributed by atoms with Crippen molar-refractivity contribution in [2.24, 2.45) is 5.92 Å². The fourth-order valence-corrected chi connectivity index (χ4v) is 2.58. The Bertz CT molecular complexity index is 752. The maximum absolute atomic E-state index is 12.5. The summed E-state index contributed by atoms with van der Waals surface area (Å²) in [6, 6.07) is 6.83. The van der Waals surface area contributed by atoms with Crippen molar-refractivity contribution in [3.8, 4) is 5.69 Å². The van der Waals surface area contributed by atoms with Crippen LogP contribution in [0.15, 0.2) is 30.5 Å². The number of nitrogens with zero attached hydrogens (tertiary/aromatic N) is 2. The number of carboxylic acids is 1. The zero-order valence-electron chi connectivity index (χ0n) is 14.4. The standard InChI is InChI=1S/C18H23N3O3/c1-5-11(2)16(18(23)24)20-17(22)14-10-19-21(13(14)4)15-9-7-6-8-12(15)3/h6-11,16H,5H2,1-4H3,(H,20,22)(H,23,24). The Morgan fingerprint density at radius 2 is 1.96 bits per heavy atom. The maximum Gasteiger partial charge on any atom is 0.326 e. The fraction of sp³-hybridized carbons (Fsp3) is 0.389. The van der Waals surface area contributed by atoms with Crippen molar-refractivity contribution < 1.29 is 14.7 Å². The number of para-hydroxylation sites is 1. The van der Waals surface area contributed by atoms with E-state index in [-0.39, 0.29) is 5.92 Å². The van der Waals surface area contributed by atoms with Crippen molar-refractivity contribution in [1.82, 2.24) is 15.1 Å². The highest BCUT2D eigenvalue weighted by Gasteiger charge is 2.27. The molecule has 1 aromatic heterocycles. The van der Waals surface area contributed by atoms with Crippen LogP contribution in [0.3, 0.4) is 0 Å². The van der Waals surface area contributed by atoms with Crippen LogP contribution in [-0.2, 0) is 4.79 Å². The van der Waals surface area contributed by atoms with Crippen LogP contribution >= 0.6 is 0 Å². The van der Waals surface area contributed by atoms with Crippen LogP contribution in [0.4, 0.5) is 0 Å². The van der Waals surface area contributed by atoms with Gasteiger partial charge in [0.1, 0.15) is 6.04 Å². The molecule has 0 radical (unpaired) electrons. The molecule has 0 fully saturated rings. The first kappa shape index (κ1) is 17.7. The van der Waals surface area contributed by atoms with E-state index in [0.717, 1.165) is 11.3 Å². The molecule has 2 rings (SSSR count). The molecule has 0 bridgehead atoms. The van der Waals surface area contributed by atoms with Crippen LogP contribution in [0.25, 0.3) is 5.69 Å². The largest absolute Gasteiger partial charge is 0.480 e. The van der Waals surface area contributed by atoms with Gasteiger partial charge in [-0.25, -0.2) is 9.48 Å². The van der Waals surface area contributed by atoms with E-state index in [1.807, 2.05) is 45.0 Å². The van der Waals surface area contributed by atoms with Gasteiger partial charge < -0.3 is 10.4 Å². The maximum atomic E-state index is 12.5. The summed E-state index contributed by atoms with van der Waals surface area (Å²) in [6.45, 7) is 7.48. The third-order valence-electron chi connectivity index (χ3n) is 4.36. The molecule has 2 aromatic rings. The molecule has 6 nitrogen and oxygen atoms in total. The zero-order chi connectivity index (χ0) is 17.9. The minimum atomic E-state index is -1.03. The van der Waals surface area contributed by atoms with Gasteiger partial charge in [0.15, 0.2) is 0 Å². The van der Waals surface area contributed by atoms with Gasteiger partial charge in [-0.1, -0.05) is 38.5 Å². The number of hydrogen-bond acceptors (Lipinski definition) is 3. The normalized spacial score (nSPS) is 13.3. The summed E-state index contributed by atoms with van der Waals surface area (Å²) in [7, 11) is 0. The summed E-state index contributed by atoms with van der Waals surface area (Å²) in [5, 5.41) is 16.2. The molecular formula is C18H23N3O3. The quantitative estimate of drug-likeness (QED) is 0.853. The van der Waals surface area contributed by atoms with Gasteiger partial charge in [0, 0.05) is 0 Å². The second-order valence-corrected chi connectivity index (χ2v) is 6.02. The molecule has 1 aromatic carbocycles. The van der Waals surface area contributed by atoms with Crippen LogP contribution in [0.2, 0.25) is 0 Å². The topological polar surface area (TPSA) is 84.2 Å². The van der Waals surface area contributed by atoms with E-state index in [1.54, 1.807) is 11.6 Å². The van der Waals surface area contributed by atoms with Gasteiger partial charge in [-0.15, -0.1) is 0 Å². The molecule has 6 heteroatoms. The minimum Gasteiger partial charge on any atom is -0.480 e. The Balaban J connectivity index is 2.29. The number of carboxylic acid groups (broad SMARTS) is 1. The zero-order valence-corrected chi connectivity index (χ0v) is 14.4. The highest BCUT2D eigenvalue weighted by atomic mass is 16.4. The van der Waals surface area contributed by atoms with Crippen molar-refractivity contribution in [3.05, 3.63) is 47.3 Å². The Labute approximate surface area is 141 Å². The van der Waals surface area contributed by atoms with Crippen molar-refractivity contribution >= 4 is 11.9 Å². The van der Waals surface area contributed by atoms with Gasteiger partial charge in [-0.3, -0.25) is 4.79 Å². The highest BCUT2D eigenvalue weighted by molar-refractivity contribution is 5.97. The van der Waals surface area contributed by atoms with Crippen molar-refractivity contribution in [2.75, 3.05) is 0 Å². The van der Waals surface area contributed by atoms with E-state index in [2.05, 4.69) is 10.4 Å². The SMILES string of the molecule is CCC(C)C(NC(=O)c1cnn(-c2ccccc2C)c1C)C(=O)O. The number of aryl methyl sites for hydroxylation is 1. The van der Waals surface area contributed by atoms with Crippen LogP contribution in [0, 0.1) is 19.8 Å². The predicted octanol–water partition coefficient (Wildman–Crippen LogP) is 2.72. The number of aromatic nitrogens is 2. The lowest BCUT2D eigenvalue weighted by Gasteiger charge is -2.20. The Hall–Kier alpha value is -2.63. The Morgan fingerprint density at radius 1 is 1.29 bits per heavy atom.